The summed E-state index contributed by atoms with van der Waals surface area (Å²) in [4.78, 5) is 0. The van der Waals surface area contributed by atoms with Gasteiger partial charge in [0.25, 0.3) is 0 Å². The van der Waals surface area contributed by atoms with Gasteiger partial charge in [0.05, 0.1) is 22.6 Å². The van der Waals surface area contributed by atoms with E-state index < -0.39 is 21.0 Å². The summed E-state index contributed by atoms with van der Waals surface area (Å²) in [5.41, 5.74) is 4.08. The van der Waals surface area contributed by atoms with E-state index in [9.17, 15) is 13.5 Å². The Morgan fingerprint density at radius 1 is 1.19 bits per heavy atom. The molecule has 2 fully saturated rings. The molecule has 2 heterocycles. The van der Waals surface area contributed by atoms with Gasteiger partial charge in [-0.05, 0) is 12.8 Å². The van der Waals surface area contributed by atoms with Crippen molar-refractivity contribution in [3.05, 3.63) is 0 Å². The molecule has 1 unspecified atom stereocenters. The van der Waals surface area contributed by atoms with Crippen LogP contribution >= 0.6 is 0 Å². The van der Waals surface area contributed by atoms with Crippen LogP contribution in [-0.2, 0) is 14.6 Å². The maximum atomic E-state index is 11.6. The largest absolute Gasteiger partial charge is 0.388 e. The quantitative estimate of drug-likeness (QED) is 0.650. The minimum absolute atomic E-state index is 0.101. The van der Waals surface area contributed by atoms with Crippen molar-refractivity contribution in [1.29, 1.82) is 0 Å². The lowest BCUT2D eigenvalue weighted by Gasteiger charge is -2.48. The first-order valence-electron chi connectivity index (χ1n) is 5.66. The summed E-state index contributed by atoms with van der Waals surface area (Å²) in [6.45, 7) is 0.908. The van der Waals surface area contributed by atoms with Crippen LogP contribution in [-0.4, -0.2) is 49.4 Å². The van der Waals surface area contributed by atoms with Crippen molar-refractivity contribution in [1.82, 2.24) is 0 Å². The van der Waals surface area contributed by atoms with Crippen LogP contribution in [0.25, 0.3) is 0 Å². The van der Waals surface area contributed by atoms with E-state index in [1.807, 2.05) is 0 Å². The van der Waals surface area contributed by atoms with Crippen LogP contribution < -0.4 is 5.73 Å². The summed E-state index contributed by atoms with van der Waals surface area (Å²) >= 11 is 0. The Balaban J connectivity index is 2.23. The highest BCUT2D eigenvalue weighted by Gasteiger charge is 2.51. The maximum absolute atomic E-state index is 11.6. The van der Waals surface area contributed by atoms with E-state index in [1.165, 1.54) is 0 Å². The summed E-state index contributed by atoms with van der Waals surface area (Å²) < 4.78 is 28.4. The van der Waals surface area contributed by atoms with Crippen LogP contribution in [0.5, 0.6) is 0 Å². The molecule has 2 aliphatic rings. The predicted molar refractivity (Wildman–Crippen MR) is 59.8 cm³/mol. The predicted octanol–water partition coefficient (Wildman–Crippen LogP) is -0.566. The van der Waals surface area contributed by atoms with E-state index in [-0.39, 0.29) is 11.5 Å². The molecule has 0 bridgehead atoms. The van der Waals surface area contributed by atoms with Gasteiger partial charge < -0.3 is 15.6 Å². The number of sulfone groups is 1. The van der Waals surface area contributed by atoms with Gasteiger partial charge in [-0.3, -0.25) is 0 Å². The average molecular weight is 249 g/mol. The molecule has 6 heteroatoms. The second-order valence-corrected chi connectivity index (χ2v) is 7.18. The Bertz CT molecular complexity index is 361. The van der Waals surface area contributed by atoms with Gasteiger partial charge in [-0.2, -0.15) is 0 Å². The molecule has 0 aromatic rings. The number of aliphatic hydroxyl groups is 1. The molecule has 2 aliphatic heterocycles. The highest BCUT2D eigenvalue weighted by Crippen LogP contribution is 2.37. The van der Waals surface area contributed by atoms with Crippen molar-refractivity contribution in [2.75, 3.05) is 24.7 Å². The third kappa shape index (κ3) is 2.11. The Morgan fingerprint density at radius 3 is 2.38 bits per heavy atom. The molecule has 0 radical (unpaired) electrons. The SMILES string of the molecule is NC1(C2(O)CCOCC2)CCCS(=O)(=O)C1. The van der Waals surface area contributed by atoms with Crippen LogP contribution in [0.2, 0.25) is 0 Å². The summed E-state index contributed by atoms with van der Waals surface area (Å²) in [5, 5.41) is 10.5. The monoisotopic (exact) mass is 249 g/mol. The van der Waals surface area contributed by atoms with Crippen LogP contribution in [0.15, 0.2) is 0 Å². The second kappa shape index (κ2) is 3.94. The van der Waals surface area contributed by atoms with Gasteiger partial charge >= 0.3 is 0 Å². The van der Waals surface area contributed by atoms with Crippen molar-refractivity contribution >= 4 is 9.84 Å². The van der Waals surface area contributed by atoms with Gasteiger partial charge in [-0.1, -0.05) is 0 Å². The molecular weight excluding hydrogens is 230 g/mol. The molecule has 94 valence electrons. The van der Waals surface area contributed by atoms with Crippen molar-refractivity contribution in [3.8, 4) is 0 Å². The standard InChI is InChI=1S/C10H19NO4S/c11-9(2-1-7-16(13,14)8-9)10(12)3-5-15-6-4-10/h12H,1-8,11H2. The minimum Gasteiger partial charge on any atom is -0.388 e. The maximum Gasteiger partial charge on any atom is 0.152 e. The highest BCUT2D eigenvalue weighted by atomic mass is 32.2. The van der Waals surface area contributed by atoms with E-state index in [0.717, 1.165) is 0 Å². The van der Waals surface area contributed by atoms with E-state index in [0.29, 0.717) is 38.9 Å². The lowest BCUT2D eigenvalue weighted by Crippen LogP contribution is -2.67. The molecule has 0 spiro atoms. The van der Waals surface area contributed by atoms with E-state index in [2.05, 4.69) is 0 Å². The molecule has 0 aromatic heterocycles. The molecule has 0 amide bonds. The van der Waals surface area contributed by atoms with Gasteiger partial charge in [0.1, 0.15) is 0 Å². The van der Waals surface area contributed by atoms with Crippen LogP contribution in [0.4, 0.5) is 0 Å². The van der Waals surface area contributed by atoms with Gasteiger partial charge in [0, 0.05) is 26.1 Å². The number of ether oxygens (including phenoxy) is 1. The number of nitrogens with two attached hydrogens (primary N) is 1. The molecule has 0 aliphatic carbocycles. The van der Waals surface area contributed by atoms with Gasteiger partial charge in [-0.15, -0.1) is 0 Å². The zero-order valence-corrected chi connectivity index (χ0v) is 10.1. The van der Waals surface area contributed by atoms with Crippen LogP contribution in [0.1, 0.15) is 25.7 Å². The van der Waals surface area contributed by atoms with Crippen LogP contribution in [0, 0.1) is 0 Å². The van der Waals surface area contributed by atoms with Crippen molar-refractivity contribution < 1.29 is 18.3 Å². The average Bonchev–Trinajstić information content (AvgIpc) is 2.16. The van der Waals surface area contributed by atoms with Crippen LogP contribution in [0.3, 0.4) is 0 Å². The molecule has 16 heavy (non-hydrogen) atoms. The van der Waals surface area contributed by atoms with Gasteiger partial charge in [-0.25, -0.2) is 8.42 Å². The second-order valence-electron chi connectivity index (χ2n) is 5.00. The van der Waals surface area contributed by atoms with E-state index in [1.54, 1.807) is 0 Å². The van der Waals surface area contributed by atoms with Gasteiger partial charge in [0.2, 0.25) is 0 Å². The van der Waals surface area contributed by atoms with Gasteiger partial charge in [0.15, 0.2) is 9.84 Å². The molecular formula is C10H19NO4S. The Labute approximate surface area is 95.9 Å². The third-order valence-electron chi connectivity index (χ3n) is 3.80. The highest BCUT2D eigenvalue weighted by molar-refractivity contribution is 7.91. The first-order valence-corrected chi connectivity index (χ1v) is 7.49. The summed E-state index contributed by atoms with van der Waals surface area (Å²) in [5.74, 6) is 0.0923. The number of rotatable bonds is 1. The Kier molecular flexibility index (Phi) is 3.03. The molecule has 3 N–H and O–H groups in total. The third-order valence-corrected chi connectivity index (χ3v) is 5.67. The Morgan fingerprint density at radius 2 is 1.81 bits per heavy atom. The van der Waals surface area contributed by atoms with Crippen molar-refractivity contribution in [3.63, 3.8) is 0 Å². The normalized spacial score (nSPS) is 38.1. The van der Waals surface area contributed by atoms with Crippen molar-refractivity contribution in [2.45, 2.75) is 36.8 Å². The lowest BCUT2D eigenvalue weighted by molar-refractivity contribution is -0.107. The van der Waals surface area contributed by atoms with Crippen molar-refractivity contribution in [2.24, 2.45) is 5.73 Å². The first kappa shape index (κ1) is 12.3. The fraction of sp³-hybridized carbons (Fsp3) is 1.00. The topological polar surface area (TPSA) is 89.6 Å². The zero-order valence-electron chi connectivity index (χ0n) is 9.31. The summed E-state index contributed by atoms with van der Waals surface area (Å²) in [6.07, 6.45) is 1.97. The molecule has 5 nitrogen and oxygen atoms in total. The number of hydrogen-bond acceptors (Lipinski definition) is 5. The molecule has 2 saturated heterocycles. The summed E-state index contributed by atoms with van der Waals surface area (Å²) in [7, 11) is -3.10. The molecule has 1 atom stereocenters. The molecule has 0 aromatic carbocycles. The smallest absolute Gasteiger partial charge is 0.152 e. The minimum atomic E-state index is -3.10. The first-order chi connectivity index (χ1) is 7.37. The fourth-order valence-electron chi connectivity index (χ4n) is 2.72. The number of hydrogen-bond donors (Lipinski definition) is 2. The van der Waals surface area contributed by atoms with E-state index in [4.69, 9.17) is 10.5 Å². The fourth-order valence-corrected chi connectivity index (χ4v) is 4.64. The Hall–Kier alpha value is -0.170. The zero-order chi connectivity index (χ0) is 11.9. The molecule has 2 rings (SSSR count). The van der Waals surface area contributed by atoms with E-state index >= 15 is 0 Å². The summed E-state index contributed by atoms with van der Waals surface area (Å²) in [6, 6.07) is 0. The molecule has 0 saturated carbocycles. The lowest BCUT2D eigenvalue weighted by atomic mass is 9.73.